The van der Waals surface area contributed by atoms with Gasteiger partial charge in [-0.15, -0.1) is 0 Å². The second-order valence-corrected chi connectivity index (χ2v) is 7.38. The fourth-order valence-electron chi connectivity index (χ4n) is 3.94. The molecule has 2 aromatic carbocycles. The maximum Gasteiger partial charge on any atom is 0.254 e. The molecular weight excluding hydrogens is 394 g/mol. The van der Waals surface area contributed by atoms with E-state index in [0.29, 0.717) is 31.1 Å². The van der Waals surface area contributed by atoms with Crippen LogP contribution in [0, 0.1) is 0 Å². The van der Waals surface area contributed by atoms with Gasteiger partial charge in [0.15, 0.2) is 0 Å². The number of benzene rings is 2. The summed E-state index contributed by atoms with van der Waals surface area (Å²) >= 11 is 0. The number of amides is 1. The van der Waals surface area contributed by atoms with Crippen LogP contribution in [0.1, 0.15) is 34.6 Å². The van der Waals surface area contributed by atoms with E-state index in [1.165, 1.54) is 0 Å². The summed E-state index contributed by atoms with van der Waals surface area (Å²) in [5.41, 5.74) is 2.76. The van der Waals surface area contributed by atoms with Gasteiger partial charge in [0.1, 0.15) is 23.9 Å². The second kappa shape index (κ2) is 9.12. The molecule has 31 heavy (non-hydrogen) atoms. The summed E-state index contributed by atoms with van der Waals surface area (Å²) in [6, 6.07) is 14.5. The van der Waals surface area contributed by atoms with Crippen LogP contribution in [0.4, 0.5) is 0 Å². The van der Waals surface area contributed by atoms with E-state index in [9.17, 15) is 4.79 Å². The van der Waals surface area contributed by atoms with Crippen LogP contribution in [0.5, 0.6) is 17.2 Å². The Hall–Kier alpha value is -3.48. The van der Waals surface area contributed by atoms with E-state index < -0.39 is 0 Å². The van der Waals surface area contributed by atoms with Gasteiger partial charge in [-0.05, 0) is 49.4 Å². The molecule has 0 spiro atoms. The van der Waals surface area contributed by atoms with E-state index >= 15 is 0 Å². The van der Waals surface area contributed by atoms with Crippen LogP contribution in [0.25, 0.3) is 0 Å². The predicted molar refractivity (Wildman–Crippen MR) is 117 cm³/mol. The maximum absolute atomic E-state index is 13.4. The van der Waals surface area contributed by atoms with Gasteiger partial charge in [0.2, 0.25) is 0 Å². The van der Waals surface area contributed by atoms with Gasteiger partial charge >= 0.3 is 0 Å². The highest BCUT2D eigenvalue weighted by molar-refractivity contribution is 5.95. The molecule has 0 N–H and O–H groups in total. The molecule has 2 heterocycles. The minimum Gasteiger partial charge on any atom is -0.497 e. The Morgan fingerprint density at radius 1 is 1.10 bits per heavy atom. The molecule has 0 saturated carbocycles. The van der Waals surface area contributed by atoms with Crippen LogP contribution in [-0.4, -0.2) is 47.5 Å². The number of carbonyl (C=O) groups is 1. The summed E-state index contributed by atoms with van der Waals surface area (Å²) in [6.45, 7) is 3.41. The lowest BCUT2D eigenvalue weighted by Gasteiger charge is -2.35. The van der Waals surface area contributed by atoms with Crippen molar-refractivity contribution in [2.24, 2.45) is 7.05 Å². The third-order valence-corrected chi connectivity index (χ3v) is 5.54. The van der Waals surface area contributed by atoms with Gasteiger partial charge in [0.25, 0.3) is 5.91 Å². The van der Waals surface area contributed by atoms with Crippen LogP contribution >= 0.6 is 0 Å². The quantitative estimate of drug-likeness (QED) is 0.583. The molecule has 0 saturated heterocycles. The van der Waals surface area contributed by atoms with E-state index in [-0.39, 0.29) is 11.9 Å². The van der Waals surface area contributed by atoms with E-state index in [1.807, 2.05) is 72.2 Å². The van der Waals surface area contributed by atoms with Crippen LogP contribution < -0.4 is 14.2 Å². The lowest BCUT2D eigenvalue weighted by molar-refractivity contribution is 0.0587. The molecule has 0 fully saturated rings. The number of aromatic nitrogens is 2. The molecule has 1 aliphatic heterocycles. The summed E-state index contributed by atoms with van der Waals surface area (Å²) in [5.74, 6) is 2.14. The first-order valence-corrected chi connectivity index (χ1v) is 10.4. The van der Waals surface area contributed by atoms with Crippen molar-refractivity contribution in [1.82, 2.24) is 14.7 Å². The fraction of sp³-hybridized carbons (Fsp3) is 0.333. The van der Waals surface area contributed by atoms with Crippen LogP contribution in [0.3, 0.4) is 0 Å². The SMILES string of the molecule is CCOc1cccc(C(=O)N2CCc3c(cnn3C)C2COc2ccc(OC)cc2)c1. The Bertz CT molecular complexity index is 1050. The monoisotopic (exact) mass is 421 g/mol. The molecule has 1 atom stereocenters. The molecule has 7 nitrogen and oxygen atoms in total. The average Bonchev–Trinajstić information content (AvgIpc) is 3.18. The predicted octanol–water partition coefficient (Wildman–Crippen LogP) is 3.65. The molecule has 162 valence electrons. The Kier molecular flexibility index (Phi) is 6.11. The zero-order valence-corrected chi connectivity index (χ0v) is 18.1. The summed E-state index contributed by atoms with van der Waals surface area (Å²) < 4.78 is 18.7. The van der Waals surface area contributed by atoms with Crippen molar-refractivity contribution < 1.29 is 19.0 Å². The molecule has 1 aromatic heterocycles. The maximum atomic E-state index is 13.4. The highest BCUT2D eigenvalue weighted by atomic mass is 16.5. The number of carbonyl (C=O) groups excluding carboxylic acids is 1. The van der Waals surface area contributed by atoms with Gasteiger partial charge in [0.05, 0.1) is 26.0 Å². The zero-order valence-electron chi connectivity index (χ0n) is 18.1. The summed E-state index contributed by atoms with van der Waals surface area (Å²) in [7, 11) is 3.56. The highest BCUT2D eigenvalue weighted by Gasteiger charge is 2.34. The van der Waals surface area contributed by atoms with Crippen molar-refractivity contribution in [3.63, 3.8) is 0 Å². The average molecular weight is 421 g/mol. The Morgan fingerprint density at radius 3 is 2.61 bits per heavy atom. The van der Waals surface area contributed by atoms with Gasteiger partial charge < -0.3 is 19.1 Å². The smallest absolute Gasteiger partial charge is 0.254 e. The molecule has 3 aromatic rings. The molecular formula is C24H27N3O4. The Morgan fingerprint density at radius 2 is 1.87 bits per heavy atom. The molecule has 1 amide bonds. The molecule has 0 aliphatic carbocycles. The van der Waals surface area contributed by atoms with Gasteiger partial charge in [-0.1, -0.05) is 6.07 Å². The Labute approximate surface area is 182 Å². The number of fused-ring (bicyclic) bond motifs is 1. The number of rotatable bonds is 7. The number of methoxy groups -OCH3 is 1. The number of nitrogens with zero attached hydrogens (tertiary/aromatic N) is 3. The molecule has 1 aliphatic rings. The second-order valence-electron chi connectivity index (χ2n) is 7.38. The number of ether oxygens (including phenoxy) is 3. The normalized spacial score (nSPS) is 15.3. The fourth-order valence-corrected chi connectivity index (χ4v) is 3.94. The van der Waals surface area contributed by atoms with Crippen LogP contribution in [-0.2, 0) is 13.5 Å². The van der Waals surface area contributed by atoms with E-state index in [1.54, 1.807) is 13.2 Å². The third-order valence-electron chi connectivity index (χ3n) is 5.54. The van der Waals surface area contributed by atoms with Crippen LogP contribution in [0.15, 0.2) is 54.7 Å². The molecule has 7 heteroatoms. The van der Waals surface area contributed by atoms with Crippen molar-refractivity contribution in [1.29, 1.82) is 0 Å². The summed E-state index contributed by atoms with van der Waals surface area (Å²) in [5, 5.41) is 4.42. The first kappa shape index (κ1) is 20.8. The van der Waals surface area contributed by atoms with Gasteiger partial charge in [0, 0.05) is 36.8 Å². The van der Waals surface area contributed by atoms with Gasteiger partial charge in [-0.3, -0.25) is 9.48 Å². The van der Waals surface area contributed by atoms with Crippen molar-refractivity contribution in [3.05, 3.63) is 71.5 Å². The first-order chi connectivity index (χ1) is 15.1. The minimum absolute atomic E-state index is 0.0422. The standard InChI is InChI=1S/C24H27N3O4/c1-4-30-20-7-5-6-17(14-20)24(28)27-13-12-22-21(15-25-26(22)2)23(27)16-31-19-10-8-18(29-3)9-11-19/h5-11,14-15,23H,4,12-13,16H2,1-3H3. The first-order valence-electron chi connectivity index (χ1n) is 10.4. The highest BCUT2D eigenvalue weighted by Crippen LogP contribution is 2.32. The minimum atomic E-state index is -0.234. The number of hydrogen-bond donors (Lipinski definition) is 0. The van der Waals surface area contributed by atoms with E-state index in [0.717, 1.165) is 29.2 Å². The van der Waals surface area contributed by atoms with Crippen LogP contribution in [0.2, 0.25) is 0 Å². The lowest BCUT2D eigenvalue weighted by atomic mass is 9.98. The number of hydrogen-bond acceptors (Lipinski definition) is 5. The largest absolute Gasteiger partial charge is 0.497 e. The molecule has 0 bridgehead atoms. The zero-order chi connectivity index (χ0) is 21.8. The lowest BCUT2D eigenvalue weighted by Crippen LogP contribution is -2.42. The summed E-state index contributed by atoms with van der Waals surface area (Å²) in [4.78, 5) is 15.3. The van der Waals surface area contributed by atoms with E-state index in [4.69, 9.17) is 14.2 Å². The van der Waals surface area contributed by atoms with Crippen molar-refractivity contribution in [2.45, 2.75) is 19.4 Å². The summed E-state index contributed by atoms with van der Waals surface area (Å²) in [6.07, 6.45) is 2.59. The Balaban J connectivity index is 1.59. The van der Waals surface area contributed by atoms with Gasteiger partial charge in [-0.2, -0.15) is 5.10 Å². The third kappa shape index (κ3) is 4.35. The molecule has 1 unspecified atom stereocenters. The van der Waals surface area contributed by atoms with E-state index in [2.05, 4.69) is 5.10 Å². The number of aryl methyl sites for hydroxylation is 1. The molecule has 0 radical (unpaired) electrons. The van der Waals surface area contributed by atoms with Crippen molar-refractivity contribution in [2.75, 3.05) is 26.9 Å². The van der Waals surface area contributed by atoms with Crippen molar-refractivity contribution >= 4 is 5.91 Å². The van der Waals surface area contributed by atoms with Crippen molar-refractivity contribution in [3.8, 4) is 17.2 Å². The topological polar surface area (TPSA) is 65.8 Å². The van der Waals surface area contributed by atoms with Gasteiger partial charge in [-0.25, -0.2) is 0 Å². The molecule has 4 rings (SSSR count).